The third kappa shape index (κ3) is 5.51. The molecule has 9 heteroatoms. The van der Waals surface area contributed by atoms with Gasteiger partial charge in [-0.1, -0.05) is 29.8 Å². The van der Waals surface area contributed by atoms with E-state index in [1.807, 2.05) is 16.8 Å². The molecule has 2 heterocycles. The number of fused-ring (bicyclic) bond motifs is 1. The van der Waals surface area contributed by atoms with Gasteiger partial charge in [0.25, 0.3) is 5.56 Å². The smallest absolute Gasteiger partial charge is 0.252 e. The zero-order valence-corrected chi connectivity index (χ0v) is 21.1. The molecule has 9 nitrogen and oxygen atoms in total. The SMILES string of the molecule is COc1cc2cc(CN(Cc3ccc(C)cc3)Cc3nnnn3C(C)(C)C)c(=O)[nH]c2cc1OC. The van der Waals surface area contributed by atoms with Gasteiger partial charge in [-0.3, -0.25) is 9.69 Å². The third-order valence-corrected chi connectivity index (χ3v) is 5.88. The van der Waals surface area contributed by atoms with Crippen LogP contribution in [0.2, 0.25) is 0 Å². The zero-order chi connectivity index (χ0) is 25.2. The van der Waals surface area contributed by atoms with Gasteiger partial charge < -0.3 is 14.5 Å². The van der Waals surface area contributed by atoms with Gasteiger partial charge in [0.2, 0.25) is 0 Å². The first-order valence-electron chi connectivity index (χ1n) is 11.5. The minimum Gasteiger partial charge on any atom is -0.493 e. The van der Waals surface area contributed by atoms with Crippen LogP contribution in [0.1, 0.15) is 43.3 Å². The maximum Gasteiger partial charge on any atom is 0.252 e. The van der Waals surface area contributed by atoms with Crippen molar-refractivity contribution in [2.75, 3.05) is 14.2 Å². The van der Waals surface area contributed by atoms with Crippen molar-refractivity contribution < 1.29 is 9.47 Å². The minimum atomic E-state index is -0.260. The first-order chi connectivity index (χ1) is 16.7. The average molecular weight is 477 g/mol. The number of aromatic nitrogens is 5. The van der Waals surface area contributed by atoms with Crippen LogP contribution in [-0.4, -0.2) is 44.3 Å². The highest BCUT2D eigenvalue weighted by Gasteiger charge is 2.22. The van der Waals surface area contributed by atoms with Crippen molar-refractivity contribution in [3.63, 3.8) is 0 Å². The molecule has 0 fully saturated rings. The van der Waals surface area contributed by atoms with E-state index in [-0.39, 0.29) is 11.1 Å². The molecule has 184 valence electrons. The molecule has 0 aliphatic carbocycles. The number of nitrogens with zero attached hydrogens (tertiary/aromatic N) is 5. The zero-order valence-electron chi connectivity index (χ0n) is 21.1. The summed E-state index contributed by atoms with van der Waals surface area (Å²) in [6.07, 6.45) is 0. The molecule has 0 unspecified atom stereocenters. The average Bonchev–Trinajstić information content (AvgIpc) is 3.29. The van der Waals surface area contributed by atoms with Gasteiger partial charge in [-0.15, -0.1) is 5.10 Å². The highest BCUT2D eigenvalue weighted by molar-refractivity contribution is 5.83. The van der Waals surface area contributed by atoms with Gasteiger partial charge in [0.15, 0.2) is 17.3 Å². The van der Waals surface area contributed by atoms with Crippen LogP contribution in [0.15, 0.2) is 47.3 Å². The summed E-state index contributed by atoms with van der Waals surface area (Å²) >= 11 is 0. The maximum absolute atomic E-state index is 13.0. The van der Waals surface area contributed by atoms with Gasteiger partial charge in [0, 0.05) is 30.1 Å². The fourth-order valence-electron chi connectivity index (χ4n) is 4.08. The number of aromatic amines is 1. The Balaban J connectivity index is 1.70. The van der Waals surface area contributed by atoms with Gasteiger partial charge in [-0.2, -0.15) is 0 Å². The lowest BCUT2D eigenvalue weighted by Gasteiger charge is -2.25. The summed E-state index contributed by atoms with van der Waals surface area (Å²) < 4.78 is 12.7. The quantitative estimate of drug-likeness (QED) is 0.413. The topological polar surface area (TPSA) is 98.2 Å². The number of nitrogens with one attached hydrogen (secondary N) is 1. The highest BCUT2D eigenvalue weighted by atomic mass is 16.5. The van der Waals surface area contributed by atoms with Gasteiger partial charge in [-0.25, -0.2) is 4.68 Å². The van der Waals surface area contributed by atoms with Crippen LogP contribution in [0.3, 0.4) is 0 Å². The number of pyridine rings is 1. The Morgan fingerprint density at radius 1 is 0.971 bits per heavy atom. The van der Waals surface area contributed by atoms with Gasteiger partial charge >= 0.3 is 0 Å². The monoisotopic (exact) mass is 476 g/mol. The number of methoxy groups -OCH3 is 2. The third-order valence-electron chi connectivity index (χ3n) is 5.88. The summed E-state index contributed by atoms with van der Waals surface area (Å²) in [5.74, 6) is 1.92. The molecular weight excluding hydrogens is 444 g/mol. The Hall–Kier alpha value is -3.72. The molecule has 4 rings (SSSR count). The van der Waals surface area contributed by atoms with Crippen LogP contribution in [0.5, 0.6) is 11.5 Å². The van der Waals surface area contributed by atoms with Crippen LogP contribution in [-0.2, 0) is 25.2 Å². The Kier molecular flexibility index (Phi) is 6.88. The van der Waals surface area contributed by atoms with E-state index < -0.39 is 0 Å². The fourth-order valence-corrected chi connectivity index (χ4v) is 4.08. The van der Waals surface area contributed by atoms with Crippen LogP contribution in [0.25, 0.3) is 10.9 Å². The van der Waals surface area contributed by atoms with Gasteiger partial charge in [-0.05, 0) is 55.8 Å². The second-order valence-corrected chi connectivity index (χ2v) is 9.73. The summed E-state index contributed by atoms with van der Waals surface area (Å²) in [5, 5.41) is 13.2. The molecule has 35 heavy (non-hydrogen) atoms. The predicted molar refractivity (Wildman–Crippen MR) is 135 cm³/mol. The largest absolute Gasteiger partial charge is 0.493 e. The standard InChI is InChI=1S/C26H32N6O3/c1-17-7-9-18(10-8-17)14-31(16-24-28-29-30-32(24)26(2,3)4)15-20-11-19-12-22(34-5)23(35-6)13-21(19)27-25(20)33/h7-13H,14-16H2,1-6H3,(H,27,33). The van der Waals surface area contributed by atoms with E-state index in [0.717, 1.165) is 16.8 Å². The maximum atomic E-state index is 13.0. The second kappa shape index (κ2) is 9.87. The summed E-state index contributed by atoms with van der Waals surface area (Å²) in [7, 11) is 3.17. The molecule has 0 saturated heterocycles. The molecule has 0 aliphatic rings. The summed E-state index contributed by atoms with van der Waals surface area (Å²) in [4.78, 5) is 18.2. The number of hydrogen-bond donors (Lipinski definition) is 1. The highest BCUT2D eigenvalue weighted by Crippen LogP contribution is 2.31. The van der Waals surface area contributed by atoms with Crippen molar-refractivity contribution in [2.24, 2.45) is 0 Å². The van der Waals surface area contributed by atoms with Crippen LogP contribution in [0, 0.1) is 6.92 Å². The van der Waals surface area contributed by atoms with Gasteiger partial charge in [0.05, 0.1) is 31.8 Å². The number of H-pyrrole nitrogens is 1. The molecule has 0 aliphatic heterocycles. The lowest BCUT2D eigenvalue weighted by Crippen LogP contribution is -2.31. The van der Waals surface area contributed by atoms with Crippen molar-refractivity contribution in [2.45, 2.75) is 52.9 Å². The minimum absolute atomic E-state index is 0.144. The van der Waals surface area contributed by atoms with E-state index in [9.17, 15) is 4.79 Å². The number of aryl methyl sites for hydroxylation is 1. The Morgan fingerprint density at radius 3 is 2.31 bits per heavy atom. The number of benzene rings is 2. The lowest BCUT2D eigenvalue weighted by atomic mass is 10.1. The van der Waals surface area contributed by atoms with Crippen molar-refractivity contribution >= 4 is 10.9 Å². The first-order valence-corrected chi connectivity index (χ1v) is 11.5. The molecule has 0 atom stereocenters. The van der Waals surface area contributed by atoms with Crippen molar-refractivity contribution in [1.82, 2.24) is 30.1 Å². The van der Waals surface area contributed by atoms with Crippen LogP contribution < -0.4 is 15.0 Å². The molecule has 0 radical (unpaired) electrons. The molecular formula is C26H32N6O3. The molecule has 1 N–H and O–H groups in total. The van der Waals surface area contributed by atoms with E-state index in [1.165, 1.54) is 5.56 Å². The lowest BCUT2D eigenvalue weighted by molar-refractivity contribution is 0.223. The van der Waals surface area contributed by atoms with E-state index in [2.05, 4.69) is 77.4 Å². The molecule has 2 aromatic carbocycles. The number of hydrogen-bond acceptors (Lipinski definition) is 7. The Bertz CT molecular complexity index is 1370. The molecule has 4 aromatic rings. The summed E-state index contributed by atoms with van der Waals surface area (Å²) in [5.41, 5.74) is 3.28. The molecule has 0 spiro atoms. The Morgan fingerprint density at radius 2 is 1.66 bits per heavy atom. The van der Waals surface area contributed by atoms with E-state index in [1.54, 1.807) is 20.3 Å². The second-order valence-electron chi connectivity index (χ2n) is 9.73. The van der Waals surface area contributed by atoms with E-state index >= 15 is 0 Å². The fraction of sp³-hybridized carbons (Fsp3) is 0.385. The van der Waals surface area contributed by atoms with Crippen molar-refractivity contribution in [3.05, 3.63) is 75.3 Å². The molecule has 0 amide bonds. The number of ether oxygens (including phenoxy) is 2. The predicted octanol–water partition coefficient (Wildman–Crippen LogP) is 3.80. The van der Waals surface area contributed by atoms with Crippen molar-refractivity contribution in [1.29, 1.82) is 0 Å². The van der Waals surface area contributed by atoms with Crippen LogP contribution >= 0.6 is 0 Å². The molecule has 0 bridgehead atoms. The van der Waals surface area contributed by atoms with Crippen molar-refractivity contribution in [3.8, 4) is 11.5 Å². The first kappa shape index (κ1) is 24.4. The van der Waals surface area contributed by atoms with Gasteiger partial charge in [0.1, 0.15) is 0 Å². The normalized spacial score (nSPS) is 11.9. The molecule has 0 saturated carbocycles. The Labute approximate surface area is 204 Å². The summed E-state index contributed by atoms with van der Waals surface area (Å²) in [6.45, 7) is 9.80. The summed E-state index contributed by atoms with van der Waals surface area (Å²) in [6, 6.07) is 14.0. The number of rotatable bonds is 8. The molecule has 2 aromatic heterocycles. The van der Waals surface area contributed by atoms with E-state index in [0.29, 0.717) is 42.2 Å². The number of tetrazole rings is 1. The van der Waals surface area contributed by atoms with E-state index in [4.69, 9.17) is 9.47 Å². The van der Waals surface area contributed by atoms with Crippen LogP contribution in [0.4, 0.5) is 0 Å².